The van der Waals surface area contributed by atoms with Crippen LogP contribution in [0.4, 0.5) is 0 Å². The molecule has 3 rings (SSSR count). The van der Waals surface area contributed by atoms with E-state index >= 15 is 0 Å². The fourth-order valence-corrected chi connectivity index (χ4v) is 5.75. The summed E-state index contributed by atoms with van der Waals surface area (Å²) in [6.07, 6.45) is 28.0. The maximum atomic E-state index is 6.31. The molecule has 0 aliphatic heterocycles. The normalized spacial score (nSPS) is 11.7. The van der Waals surface area contributed by atoms with Gasteiger partial charge in [-0.25, -0.2) is 0 Å². The van der Waals surface area contributed by atoms with Crippen LogP contribution in [-0.4, -0.2) is 6.61 Å². The summed E-state index contributed by atoms with van der Waals surface area (Å²) in [6, 6.07) is 15.0. The van der Waals surface area contributed by atoms with Crippen LogP contribution in [-0.2, 0) is 0 Å². The highest BCUT2D eigenvalue weighted by molar-refractivity contribution is 7.11. The lowest BCUT2D eigenvalue weighted by Crippen LogP contribution is -1.99. The van der Waals surface area contributed by atoms with E-state index in [2.05, 4.69) is 84.5 Å². The molecular weight excluding hydrogens is 489 g/mol. The summed E-state index contributed by atoms with van der Waals surface area (Å²) in [4.78, 5) is 2.53. The SMILES string of the molecule is CCCCCCCCCCCCCCCCOc1cc(C=Cc2cccs2)ccc1C=Cc1cccs1. The van der Waals surface area contributed by atoms with Crippen molar-refractivity contribution in [1.82, 2.24) is 0 Å². The van der Waals surface area contributed by atoms with Gasteiger partial charge in [-0.2, -0.15) is 0 Å². The van der Waals surface area contributed by atoms with Crippen LogP contribution in [0.1, 0.15) is 118 Å². The van der Waals surface area contributed by atoms with Gasteiger partial charge in [-0.3, -0.25) is 0 Å². The van der Waals surface area contributed by atoms with E-state index < -0.39 is 0 Å². The molecule has 1 aromatic carbocycles. The molecule has 0 aliphatic rings. The van der Waals surface area contributed by atoms with E-state index in [0.717, 1.165) is 24.3 Å². The fraction of sp³-hybridized carbons (Fsp3) is 0.471. The van der Waals surface area contributed by atoms with Gasteiger partial charge >= 0.3 is 0 Å². The van der Waals surface area contributed by atoms with Crippen molar-refractivity contribution >= 4 is 47.0 Å². The Morgan fingerprint density at radius 2 is 1.14 bits per heavy atom. The van der Waals surface area contributed by atoms with Crippen LogP contribution in [0.5, 0.6) is 5.75 Å². The lowest BCUT2D eigenvalue weighted by molar-refractivity contribution is 0.303. The van der Waals surface area contributed by atoms with E-state index in [-0.39, 0.29) is 0 Å². The Balaban J connectivity index is 1.35. The zero-order valence-electron chi connectivity index (χ0n) is 22.8. The molecule has 0 atom stereocenters. The van der Waals surface area contributed by atoms with Crippen LogP contribution in [0, 0.1) is 0 Å². The molecule has 0 spiro atoms. The van der Waals surface area contributed by atoms with E-state index in [1.54, 1.807) is 22.7 Å². The van der Waals surface area contributed by atoms with Crippen molar-refractivity contribution in [3.8, 4) is 5.75 Å². The molecule has 1 nitrogen and oxygen atoms in total. The minimum Gasteiger partial charge on any atom is -0.493 e. The van der Waals surface area contributed by atoms with Gasteiger partial charge in [-0.15, -0.1) is 22.7 Å². The molecule has 200 valence electrons. The van der Waals surface area contributed by atoms with Crippen molar-refractivity contribution in [2.24, 2.45) is 0 Å². The summed E-state index contributed by atoms with van der Waals surface area (Å²) in [5, 5.41) is 4.23. The molecule has 0 radical (unpaired) electrons. The van der Waals surface area contributed by atoms with Crippen LogP contribution in [0.3, 0.4) is 0 Å². The number of ether oxygens (including phenoxy) is 1. The lowest BCUT2D eigenvalue weighted by atomic mass is 10.0. The topological polar surface area (TPSA) is 9.23 Å². The van der Waals surface area contributed by atoms with Crippen molar-refractivity contribution in [2.75, 3.05) is 6.61 Å². The molecule has 2 heterocycles. The monoisotopic (exact) mass is 534 g/mol. The molecular formula is C34H46OS2. The van der Waals surface area contributed by atoms with Gasteiger partial charge in [0, 0.05) is 15.3 Å². The zero-order valence-corrected chi connectivity index (χ0v) is 24.5. The number of hydrogen-bond donors (Lipinski definition) is 0. The highest BCUT2D eigenvalue weighted by Crippen LogP contribution is 2.26. The maximum absolute atomic E-state index is 6.31. The van der Waals surface area contributed by atoms with Gasteiger partial charge in [0.1, 0.15) is 5.75 Å². The van der Waals surface area contributed by atoms with Crippen LogP contribution in [0.15, 0.2) is 53.2 Å². The van der Waals surface area contributed by atoms with E-state index in [9.17, 15) is 0 Å². The second-order valence-electron chi connectivity index (χ2n) is 9.94. The lowest BCUT2D eigenvalue weighted by Gasteiger charge is -2.11. The molecule has 3 aromatic rings. The molecule has 0 N–H and O–H groups in total. The number of benzene rings is 1. The molecule has 2 aromatic heterocycles. The number of thiophene rings is 2. The minimum absolute atomic E-state index is 0.788. The highest BCUT2D eigenvalue weighted by Gasteiger charge is 2.04. The van der Waals surface area contributed by atoms with Crippen LogP contribution in [0.2, 0.25) is 0 Å². The summed E-state index contributed by atoms with van der Waals surface area (Å²) in [5.41, 5.74) is 2.32. The number of unbranched alkanes of at least 4 members (excludes halogenated alkanes) is 13. The van der Waals surface area contributed by atoms with Crippen molar-refractivity contribution < 1.29 is 4.74 Å². The summed E-state index contributed by atoms with van der Waals surface area (Å²) < 4.78 is 6.31. The van der Waals surface area contributed by atoms with Crippen LogP contribution < -0.4 is 4.74 Å². The third-order valence-electron chi connectivity index (χ3n) is 6.75. The van der Waals surface area contributed by atoms with E-state index in [1.807, 2.05) is 0 Å². The molecule has 37 heavy (non-hydrogen) atoms. The van der Waals surface area contributed by atoms with Gasteiger partial charge in [0.05, 0.1) is 6.61 Å². The molecule has 0 amide bonds. The molecule has 0 unspecified atom stereocenters. The van der Waals surface area contributed by atoms with Gasteiger partial charge in [0.25, 0.3) is 0 Å². The molecule has 0 aliphatic carbocycles. The first-order valence-corrected chi connectivity index (χ1v) is 16.3. The summed E-state index contributed by atoms with van der Waals surface area (Å²) >= 11 is 3.52. The zero-order chi connectivity index (χ0) is 25.8. The highest BCUT2D eigenvalue weighted by atomic mass is 32.1. The first-order valence-electron chi connectivity index (χ1n) is 14.5. The predicted octanol–water partition coefficient (Wildman–Crippen LogP) is 12.0. The van der Waals surface area contributed by atoms with Crippen molar-refractivity contribution in [1.29, 1.82) is 0 Å². The average Bonchev–Trinajstić information content (AvgIpc) is 3.64. The Labute approximate surface area is 234 Å². The summed E-state index contributed by atoms with van der Waals surface area (Å²) in [7, 11) is 0. The van der Waals surface area contributed by atoms with Gasteiger partial charge in [0.15, 0.2) is 0 Å². The quantitative estimate of drug-likeness (QED) is 0.131. The van der Waals surface area contributed by atoms with Gasteiger partial charge in [-0.1, -0.05) is 121 Å². The fourth-order valence-electron chi connectivity index (χ4n) is 4.52. The van der Waals surface area contributed by atoms with Gasteiger partial charge in [0.2, 0.25) is 0 Å². The summed E-state index contributed by atoms with van der Waals surface area (Å²) in [6.45, 7) is 3.08. The third-order valence-corrected chi connectivity index (χ3v) is 8.42. The predicted molar refractivity (Wildman–Crippen MR) is 169 cm³/mol. The Kier molecular flexibility index (Phi) is 15.2. The van der Waals surface area contributed by atoms with E-state index in [0.29, 0.717) is 0 Å². The average molecular weight is 535 g/mol. The maximum Gasteiger partial charge on any atom is 0.127 e. The van der Waals surface area contributed by atoms with E-state index in [1.165, 1.54) is 98.8 Å². The smallest absolute Gasteiger partial charge is 0.127 e. The largest absolute Gasteiger partial charge is 0.493 e. The Morgan fingerprint density at radius 3 is 1.68 bits per heavy atom. The van der Waals surface area contributed by atoms with Crippen molar-refractivity contribution in [3.63, 3.8) is 0 Å². The Morgan fingerprint density at radius 1 is 0.595 bits per heavy atom. The second kappa shape index (κ2) is 19.0. The molecule has 0 saturated heterocycles. The van der Waals surface area contributed by atoms with Crippen LogP contribution >= 0.6 is 22.7 Å². The second-order valence-corrected chi connectivity index (χ2v) is 11.9. The van der Waals surface area contributed by atoms with Crippen LogP contribution in [0.25, 0.3) is 24.3 Å². The Bertz CT molecular complexity index is 999. The third kappa shape index (κ3) is 12.8. The molecule has 0 fully saturated rings. The number of rotatable bonds is 20. The van der Waals surface area contributed by atoms with E-state index in [4.69, 9.17) is 4.74 Å². The molecule has 3 heteroatoms. The summed E-state index contributed by atoms with van der Waals surface area (Å²) in [5.74, 6) is 0.982. The first kappa shape index (κ1) is 29.5. The standard InChI is InChI=1S/C34H46OS2/c1-2-3-4-5-6-7-8-9-10-11-12-13-14-15-26-35-34-29-30(21-24-32-18-16-27-36-32)20-22-31(34)23-25-33-19-17-28-37-33/h16-25,27-29H,2-15,26H2,1H3. The minimum atomic E-state index is 0.788. The van der Waals surface area contributed by atoms with Crippen molar-refractivity contribution in [2.45, 2.75) is 96.8 Å². The van der Waals surface area contributed by atoms with Gasteiger partial charge in [-0.05, 0) is 59.2 Å². The van der Waals surface area contributed by atoms with Gasteiger partial charge < -0.3 is 4.74 Å². The first-order chi connectivity index (χ1) is 18.3. The molecule has 0 saturated carbocycles. The number of hydrogen-bond acceptors (Lipinski definition) is 3. The molecule has 0 bridgehead atoms. The Hall–Kier alpha value is -2.10. The van der Waals surface area contributed by atoms with Crippen molar-refractivity contribution in [3.05, 3.63) is 74.1 Å².